The van der Waals surface area contributed by atoms with Gasteiger partial charge in [0.1, 0.15) is 17.5 Å². The van der Waals surface area contributed by atoms with Gasteiger partial charge in [-0.15, -0.1) is 0 Å². The SMILES string of the molecule is O=C(Nc1cc(F)ccc1F)C1CN(c2nc3ccc(F)cc3s2)C1. The van der Waals surface area contributed by atoms with Crippen LogP contribution >= 0.6 is 11.3 Å². The summed E-state index contributed by atoms with van der Waals surface area (Å²) in [7, 11) is 0. The van der Waals surface area contributed by atoms with Crippen LogP contribution in [-0.4, -0.2) is 24.0 Å². The highest BCUT2D eigenvalue weighted by molar-refractivity contribution is 7.22. The summed E-state index contributed by atoms with van der Waals surface area (Å²) in [5.74, 6) is -2.33. The van der Waals surface area contributed by atoms with E-state index in [1.807, 2.05) is 4.90 Å². The number of thiazole rings is 1. The third-order valence-electron chi connectivity index (χ3n) is 4.05. The van der Waals surface area contributed by atoms with Crippen molar-refractivity contribution in [1.82, 2.24) is 4.98 Å². The molecule has 0 atom stereocenters. The lowest BCUT2D eigenvalue weighted by Gasteiger charge is -2.37. The van der Waals surface area contributed by atoms with Crippen molar-refractivity contribution in [2.75, 3.05) is 23.3 Å². The summed E-state index contributed by atoms with van der Waals surface area (Å²) >= 11 is 1.35. The normalized spacial score (nSPS) is 14.6. The number of hydrogen-bond acceptors (Lipinski definition) is 4. The highest BCUT2D eigenvalue weighted by atomic mass is 32.1. The first-order valence-electron chi connectivity index (χ1n) is 7.56. The molecule has 1 fully saturated rings. The van der Waals surface area contributed by atoms with Crippen molar-refractivity contribution < 1.29 is 18.0 Å². The van der Waals surface area contributed by atoms with Crippen molar-refractivity contribution in [3.63, 3.8) is 0 Å². The van der Waals surface area contributed by atoms with Crippen LogP contribution in [0.15, 0.2) is 36.4 Å². The lowest BCUT2D eigenvalue weighted by atomic mass is 10.00. The number of rotatable bonds is 3. The molecular weight excluding hydrogens is 351 g/mol. The minimum atomic E-state index is -0.681. The Morgan fingerprint density at radius 2 is 1.84 bits per heavy atom. The van der Waals surface area contributed by atoms with Crippen molar-refractivity contribution in [2.24, 2.45) is 5.92 Å². The molecule has 1 N–H and O–H groups in total. The number of benzene rings is 2. The van der Waals surface area contributed by atoms with E-state index >= 15 is 0 Å². The molecule has 0 saturated carbocycles. The second-order valence-electron chi connectivity index (χ2n) is 5.82. The number of nitrogens with one attached hydrogen (secondary N) is 1. The van der Waals surface area contributed by atoms with Gasteiger partial charge < -0.3 is 10.2 Å². The van der Waals surface area contributed by atoms with Gasteiger partial charge in [0, 0.05) is 19.2 Å². The van der Waals surface area contributed by atoms with Gasteiger partial charge >= 0.3 is 0 Å². The van der Waals surface area contributed by atoms with Gasteiger partial charge in [0.2, 0.25) is 5.91 Å². The summed E-state index contributed by atoms with van der Waals surface area (Å²) in [5, 5.41) is 3.12. The molecule has 1 aliphatic rings. The zero-order valence-corrected chi connectivity index (χ0v) is 13.6. The van der Waals surface area contributed by atoms with Crippen LogP contribution in [0.1, 0.15) is 0 Å². The molecule has 25 heavy (non-hydrogen) atoms. The van der Waals surface area contributed by atoms with Gasteiger partial charge in [-0.3, -0.25) is 4.79 Å². The lowest BCUT2D eigenvalue weighted by molar-refractivity contribution is -0.120. The van der Waals surface area contributed by atoms with E-state index in [0.717, 1.165) is 22.9 Å². The molecule has 1 saturated heterocycles. The molecule has 0 aliphatic carbocycles. The molecule has 1 aliphatic heterocycles. The van der Waals surface area contributed by atoms with Gasteiger partial charge in [-0.1, -0.05) is 11.3 Å². The lowest BCUT2D eigenvalue weighted by Crippen LogP contribution is -2.52. The molecule has 0 radical (unpaired) electrons. The summed E-state index contributed by atoms with van der Waals surface area (Å²) in [6, 6.07) is 7.30. The molecule has 1 aromatic heterocycles. The summed E-state index contributed by atoms with van der Waals surface area (Å²) in [5.41, 5.74) is 0.537. The fourth-order valence-electron chi connectivity index (χ4n) is 2.65. The van der Waals surface area contributed by atoms with Crippen molar-refractivity contribution in [3.8, 4) is 0 Å². The average Bonchev–Trinajstić information content (AvgIpc) is 2.92. The number of carbonyl (C=O) groups is 1. The van der Waals surface area contributed by atoms with Crippen LogP contribution in [0.3, 0.4) is 0 Å². The zero-order chi connectivity index (χ0) is 17.6. The third kappa shape index (κ3) is 3.05. The van der Waals surface area contributed by atoms with E-state index in [-0.39, 0.29) is 23.3 Å². The van der Waals surface area contributed by atoms with Gasteiger partial charge in [-0.25, -0.2) is 18.2 Å². The summed E-state index contributed by atoms with van der Waals surface area (Å²) in [6.45, 7) is 0.843. The summed E-state index contributed by atoms with van der Waals surface area (Å²) < 4.78 is 40.7. The average molecular weight is 363 g/mol. The molecule has 2 heterocycles. The van der Waals surface area contributed by atoms with Gasteiger partial charge in [0.15, 0.2) is 5.13 Å². The highest BCUT2D eigenvalue weighted by Gasteiger charge is 2.34. The van der Waals surface area contributed by atoms with Crippen LogP contribution in [0.5, 0.6) is 0 Å². The number of anilines is 2. The first kappa shape index (κ1) is 15.9. The molecule has 0 bridgehead atoms. The minimum Gasteiger partial charge on any atom is -0.346 e. The summed E-state index contributed by atoms with van der Waals surface area (Å²) in [6.07, 6.45) is 0. The molecule has 4 rings (SSSR count). The Balaban J connectivity index is 1.42. The van der Waals surface area contributed by atoms with Gasteiger partial charge in [-0.05, 0) is 30.3 Å². The van der Waals surface area contributed by atoms with Crippen LogP contribution < -0.4 is 10.2 Å². The topological polar surface area (TPSA) is 45.2 Å². The predicted molar refractivity (Wildman–Crippen MR) is 90.3 cm³/mol. The van der Waals surface area contributed by atoms with Crippen molar-refractivity contribution in [2.45, 2.75) is 0 Å². The summed E-state index contributed by atoms with van der Waals surface area (Å²) in [4.78, 5) is 18.5. The number of nitrogens with zero attached hydrogens (tertiary/aromatic N) is 2. The Labute approximate surface area is 144 Å². The first-order chi connectivity index (χ1) is 12.0. The maximum Gasteiger partial charge on any atom is 0.231 e. The first-order valence-corrected chi connectivity index (χ1v) is 8.38. The maximum absolute atomic E-state index is 13.6. The zero-order valence-electron chi connectivity index (χ0n) is 12.8. The standard InChI is InChI=1S/C17H12F3N3OS/c18-10-1-3-12(20)14(5-10)21-16(24)9-7-23(8-9)17-22-13-4-2-11(19)6-15(13)25-17/h1-6,9H,7-8H2,(H,21,24). The maximum atomic E-state index is 13.6. The molecule has 128 valence electrons. The van der Waals surface area contributed by atoms with Crippen LogP contribution in [0.4, 0.5) is 24.0 Å². The van der Waals surface area contributed by atoms with Crippen molar-refractivity contribution in [1.29, 1.82) is 0 Å². The number of hydrogen-bond donors (Lipinski definition) is 1. The van der Waals surface area contributed by atoms with Gasteiger partial charge in [-0.2, -0.15) is 0 Å². The Kier molecular flexibility index (Phi) is 3.84. The van der Waals surface area contributed by atoms with E-state index < -0.39 is 11.6 Å². The molecule has 1 amide bonds. The quantitative estimate of drug-likeness (QED) is 0.770. The van der Waals surface area contributed by atoms with E-state index in [2.05, 4.69) is 10.3 Å². The Bertz CT molecular complexity index is 969. The van der Waals surface area contributed by atoms with Crippen LogP contribution in [-0.2, 0) is 4.79 Å². The minimum absolute atomic E-state index is 0.168. The van der Waals surface area contributed by atoms with E-state index in [9.17, 15) is 18.0 Å². The predicted octanol–water partition coefficient (Wildman–Crippen LogP) is 3.79. The van der Waals surface area contributed by atoms with E-state index in [1.54, 1.807) is 6.07 Å². The molecule has 0 unspecified atom stereocenters. The second kappa shape index (κ2) is 6.03. The van der Waals surface area contributed by atoms with E-state index in [0.29, 0.717) is 23.7 Å². The largest absolute Gasteiger partial charge is 0.346 e. The Hall–Kier alpha value is -2.61. The van der Waals surface area contributed by atoms with Crippen LogP contribution in [0, 0.1) is 23.4 Å². The molecule has 3 aromatic rings. The number of halogens is 3. The number of aromatic nitrogens is 1. The molecule has 0 spiro atoms. The fraction of sp³-hybridized carbons (Fsp3) is 0.176. The number of amides is 1. The molecule has 4 nitrogen and oxygen atoms in total. The molecular formula is C17H12F3N3OS. The van der Waals surface area contributed by atoms with Crippen molar-refractivity contribution >= 4 is 38.3 Å². The van der Waals surface area contributed by atoms with Crippen LogP contribution in [0.2, 0.25) is 0 Å². The van der Waals surface area contributed by atoms with E-state index in [4.69, 9.17) is 0 Å². The van der Waals surface area contributed by atoms with Gasteiger partial charge in [0.05, 0.1) is 21.8 Å². The molecule has 2 aromatic carbocycles. The highest BCUT2D eigenvalue weighted by Crippen LogP contribution is 2.33. The number of carbonyl (C=O) groups excluding carboxylic acids is 1. The number of fused-ring (bicyclic) bond motifs is 1. The van der Waals surface area contributed by atoms with E-state index in [1.165, 1.54) is 23.5 Å². The molecule has 8 heteroatoms. The monoisotopic (exact) mass is 363 g/mol. The second-order valence-corrected chi connectivity index (χ2v) is 6.83. The smallest absolute Gasteiger partial charge is 0.231 e. The van der Waals surface area contributed by atoms with Crippen LogP contribution in [0.25, 0.3) is 10.2 Å². The Morgan fingerprint density at radius 1 is 1.12 bits per heavy atom. The fourth-order valence-corrected chi connectivity index (χ4v) is 3.66. The third-order valence-corrected chi connectivity index (χ3v) is 5.13. The Morgan fingerprint density at radius 3 is 2.64 bits per heavy atom. The van der Waals surface area contributed by atoms with Gasteiger partial charge in [0.25, 0.3) is 0 Å². The van der Waals surface area contributed by atoms with Crippen molar-refractivity contribution in [3.05, 3.63) is 53.8 Å².